The Balaban J connectivity index is 1.84. The van der Waals surface area contributed by atoms with E-state index in [-0.39, 0.29) is 10.8 Å². The van der Waals surface area contributed by atoms with Crippen molar-refractivity contribution in [2.75, 3.05) is 5.43 Å². The van der Waals surface area contributed by atoms with E-state index < -0.39 is 10.8 Å². The summed E-state index contributed by atoms with van der Waals surface area (Å²) in [6, 6.07) is 10.6. The van der Waals surface area contributed by atoms with E-state index in [0.29, 0.717) is 21.3 Å². The molecular weight excluding hydrogens is 399 g/mol. The molecule has 0 spiro atoms. The highest BCUT2D eigenvalue weighted by molar-refractivity contribution is 7.80. The van der Waals surface area contributed by atoms with E-state index in [1.54, 1.807) is 18.2 Å². The van der Waals surface area contributed by atoms with Crippen LogP contribution in [0.2, 0.25) is 10.0 Å². The van der Waals surface area contributed by atoms with E-state index in [2.05, 4.69) is 16.2 Å². The lowest BCUT2D eigenvalue weighted by Gasteiger charge is -2.10. The smallest absolute Gasteiger partial charge is 0.269 e. The van der Waals surface area contributed by atoms with E-state index in [1.807, 2.05) is 0 Å². The molecule has 0 saturated heterocycles. The van der Waals surface area contributed by atoms with E-state index in [9.17, 15) is 14.9 Å². The van der Waals surface area contributed by atoms with Gasteiger partial charge >= 0.3 is 0 Å². The number of nitro groups is 1. The van der Waals surface area contributed by atoms with Gasteiger partial charge in [0.15, 0.2) is 5.11 Å². The molecule has 0 radical (unpaired) electrons. The van der Waals surface area contributed by atoms with Gasteiger partial charge in [-0.25, -0.2) is 0 Å². The van der Waals surface area contributed by atoms with Gasteiger partial charge in [0, 0.05) is 28.3 Å². The number of halogens is 2. The summed E-state index contributed by atoms with van der Waals surface area (Å²) in [5.41, 5.74) is 6.46. The predicted molar refractivity (Wildman–Crippen MR) is 106 cm³/mol. The van der Waals surface area contributed by atoms with Gasteiger partial charge in [-0.15, -0.1) is 0 Å². The van der Waals surface area contributed by atoms with Gasteiger partial charge in [0.1, 0.15) is 0 Å². The molecule has 0 aliphatic rings. The molecule has 0 fully saturated rings. The van der Waals surface area contributed by atoms with Crippen molar-refractivity contribution < 1.29 is 9.72 Å². The Labute approximate surface area is 164 Å². The average Bonchev–Trinajstić information content (AvgIpc) is 2.59. The lowest BCUT2D eigenvalue weighted by atomic mass is 10.2. The molecule has 0 atom stereocenters. The van der Waals surface area contributed by atoms with Crippen LogP contribution < -0.4 is 16.2 Å². The van der Waals surface area contributed by atoms with Gasteiger partial charge in [-0.2, -0.15) is 0 Å². The number of hydrogen-bond acceptors (Lipinski definition) is 5. The number of hydrazine groups is 1. The van der Waals surface area contributed by atoms with E-state index in [1.165, 1.54) is 36.4 Å². The van der Waals surface area contributed by atoms with Crippen LogP contribution in [0.5, 0.6) is 0 Å². The highest BCUT2D eigenvalue weighted by Crippen LogP contribution is 2.21. The summed E-state index contributed by atoms with van der Waals surface area (Å²) >= 11 is 16.8. The van der Waals surface area contributed by atoms with Crippen molar-refractivity contribution in [2.45, 2.75) is 0 Å². The largest absolute Gasteiger partial charge is 0.299 e. The molecule has 1 amide bonds. The van der Waals surface area contributed by atoms with Crippen LogP contribution in [0.3, 0.4) is 0 Å². The van der Waals surface area contributed by atoms with E-state index in [0.717, 1.165) is 0 Å². The first-order valence-electron chi connectivity index (χ1n) is 7.10. The number of nitrogens with zero attached hydrogens (tertiary/aromatic N) is 1. The summed E-state index contributed by atoms with van der Waals surface area (Å²) in [4.78, 5) is 21.9. The summed E-state index contributed by atoms with van der Waals surface area (Å²) in [5, 5.41) is 14.0. The highest BCUT2D eigenvalue weighted by atomic mass is 35.5. The molecule has 2 aromatic carbocycles. The summed E-state index contributed by atoms with van der Waals surface area (Å²) in [6.45, 7) is 0. The molecule has 2 aromatic rings. The molecule has 0 aliphatic carbocycles. The number of anilines is 1. The van der Waals surface area contributed by atoms with Crippen LogP contribution in [0, 0.1) is 10.1 Å². The molecule has 10 heteroatoms. The normalized spacial score (nSPS) is 10.4. The van der Waals surface area contributed by atoms with Crippen LogP contribution in [0.4, 0.5) is 11.4 Å². The molecule has 134 valence electrons. The number of rotatable bonds is 5. The van der Waals surface area contributed by atoms with Gasteiger partial charge < -0.3 is 0 Å². The molecule has 0 bridgehead atoms. The number of carbonyl (C=O) groups is 1. The van der Waals surface area contributed by atoms with Gasteiger partial charge in [-0.3, -0.25) is 31.1 Å². The summed E-state index contributed by atoms with van der Waals surface area (Å²) in [6.07, 6.45) is 2.80. The SMILES string of the molecule is O=C(/C=C/c1ccc(Cl)cc1Cl)NC(=S)NNc1ccc([N+](=O)[O-])cc1. The minimum Gasteiger partial charge on any atom is -0.299 e. The van der Waals surface area contributed by atoms with Crippen molar-refractivity contribution >= 4 is 63.9 Å². The van der Waals surface area contributed by atoms with Gasteiger partial charge in [0.2, 0.25) is 5.91 Å². The maximum atomic E-state index is 11.8. The van der Waals surface area contributed by atoms with Crippen molar-refractivity contribution in [2.24, 2.45) is 0 Å². The Morgan fingerprint density at radius 2 is 1.85 bits per heavy atom. The van der Waals surface area contributed by atoms with Crippen molar-refractivity contribution in [1.29, 1.82) is 0 Å². The minimum absolute atomic E-state index is 0.0280. The molecule has 0 unspecified atom stereocenters. The quantitative estimate of drug-likeness (QED) is 0.299. The zero-order valence-electron chi connectivity index (χ0n) is 13.0. The molecule has 0 aliphatic heterocycles. The third kappa shape index (κ3) is 5.99. The molecule has 3 N–H and O–H groups in total. The number of nitro benzene ring substituents is 1. The zero-order chi connectivity index (χ0) is 19.1. The second kappa shape index (κ2) is 9.14. The summed E-state index contributed by atoms with van der Waals surface area (Å²) in [7, 11) is 0. The van der Waals surface area contributed by atoms with Crippen molar-refractivity contribution in [3.05, 3.63) is 74.3 Å². The van der Waals surface area contributed by atoms with Crippen LogP contribution in [0.1, 0.15) is 5.56 Å². The Kier molecular flexibility index (Phi) is 6.90. The fraction of sp³-hybridized carbons (Fsp3) is 0. The number of benzene rings is 2. The third-order valence-corrected chi connectivity index (χ3v) is 3.78. The maximum Gasteiger partial charge on any atom is 0.269 e. The highest BCUT2D eigenvalue weighted by Gasteiger charge is 2.05. The molecule has 26 heavy (non-hydrogen) atoms. The zero-order valence-corrected chi connectivity index (χ0v) is 15.4. The van der Waals surface area contributed by atoms with E-state index >= 15 is 0 Å². The predicted octanol–water partition coefficient (Wildman–Crippen LogP) is 3.93. The Morgan fingerprint density at radius 1 is 1.15 bits per heavy atom. The molecule has 0 aromatic heterocycles. The number of thiocarbonyl (C=S) groups is 1. The van der Waals surface area contributed by atoms with Crippen LogP contribution >= 0.6 is 35.4 Å². The maximum absolute atomic E-state index is 11.8. The van der Waals surface area contributed by atoms with Crippen molar-refractivity contribution in [1.82, 2.24) is 10.7 Å². The van der Waals surface area contributed by atoms with Crippen LogP contribution in [0.15, 0.2) is 48.5 Å². The first-order chi connectivity index (χ1) is 12.3. The van der Waals surface area contributed by atoms with Crippen LogP contribution in [0.25, 0.3) is 6.08 Å². The Hall–Kier alpha value is -2.68. The number of carbonyl (C=O) groups excluding carboxylic acids is 1. The van der Waals surface area contributed by atoms with Gasteiger partial charge in [-0.05, 0) is 48.1 Å². The topological polar surface area (TPSA) is 96.3 Å². The second-order valence-electron chi connectivity index (χ2n) is 4.87. The monoisotopic (exact) mass is 410 g/mol. The molecular formula is C16H12Cl2N4O3S. The summed E-state index contributed by atoms with van der Waals surface area (Å²) < 4.78 is 0. The van der Waals surface area contributed by atoms with Crippen molar-refractivity contribution in [3.63, 3.8) is 0 Å². The molecule has 0 saturated carbocycles. The first kappa shape index (κ1) is 19.6. The fourth-order valence-electron chi connectivity index (χ4n) is 1.78. The fourth-order valence-corrected chi connectivity index (χ4v) is 2.41. The van der Waals surface area contributed by atoms with E-state index in [4.69, 9.17) is 35.4 Å². The number of non-ortho nitro benzene ring substituents is 1. The minimum atomic E-state index is -0.499. The Bertz CT molecular complexity index is 872. The lowest BCUT2D eigenvalue weighted by Crippen LogP contribution is -2.41. The lowest BCUT2D eigenvalue weighted by molar-refractivity contribution is -0.384. The van der Waals surface area contributed by atoms with Gasteiger partial charge in [-0.1, -0.05) is 29.3 Å². The third-order valence-electron chi connectivity index (χ3n) is 3.01. The van der Waals surface area contributed by atoms with Gasteiger partial charge in [0.25, 0.3) is 5.69 Å². The van der Waals surface area contributed by atoms with Crippen molar-refractivity contribution in [3.8, 4) is 0 Å². The number of hydrogen-bond donors (Lipinski definition) is 3. The first-order valence-corrected chi connectivity index (χ1v) is 8.26. The second-order valence-corrected chi connectivity index (χ2v) is 6.12. The van der Waals surface area contributed by atoms with Crippen LogP contribution in [-0.4, -0.2) is 15.9 Å². The number of nitrogens with one attached hydrogen (secondary N) is 3. The van der Waals surface area contributed by atoms with Crippen LogP contribution in [-0.2, 0) is 4.79 Å². The standard InChI is InChI=1S/C16H12Cl2N4O3S/c17-11-3-1-10(14(18)9-11)2-8-15(23)19-16(26)21-20-12-4-6-13(7-5-12)22(24)25/h1-9,20H,(H2,19,21,23,26)/b8-2+. The number of amides is 1. The summed E-state index contributed by atoms with van der Waals surface area (Å²) in [5.74, 6) is -0.459. The molecule has 7 nitrogen and oxygen atoms in total. The van der Waals surface area contributed by atoms with Gasteiger partial charge in [0.05, 0.1) is 10.6 Å². The average molecular weight is 411 g/mol. The Morgan fingerprint density at radius 3 is 2.46 bits per heavy atom. The molecule has 0 heterocycles. The molecule has 2 rings (SSSR count).